The number of rotatable bonds is 0. The number of hydrogen-bond donors (Lipinski definition) is 1. The predicted octanol–water partition coefficient (Wildman–Crippen LogP) is 2.44. The minimum atomic E-state index is 0.491. The third kappa shape index (κ3) is 1.52. The van der Waals surface area contributed by atoms with Crippen LogP contribution in [-0.2, 0) is 0 Å². The molecule has 2 rings (SSSR count). The van der Waals surface area contributed by atoms with Gasteiger partial charge in [0, 0.05) is 0 Å². The number of nitrogens with one attached hydrogen (secondary N) is 1. The summed E-state index contributed by atoms with van der Waals surface area (Å²) in [7, 11) is 0. The Kier molecular flexibility index (Phi) is 1.96. The van der Waals surface area contributed by atoms with Crippen LogP contribution in [0, 0.1) is 13.8 Å². The zero-order valence-electron chi connectivity index (χ0n) is 7.68. The standard InChI is InChI=1S/C10H11NOS/c1-6-3-8-9(4-7(6)2)12-5-10(13)11-8/h3-4H,5H2,1-2H3,(H,11,13). The molecular weight excluding hydrogens is 182 g/mol. The fourth-order valence-corrected chi connectivity index (χ4v) is 1.51. The van der Waals surface area contributed by atoms with Crippen LogP contribution in [0.25, 0.3) is 0 Å². The summed E-state index contributed by atoms with van der Waals surface area (Å²) in [6.45, 7) is 4.64. The summed E-state index contributed by atoms with van der Waals surface area (Å²) >= 11 is 5.02. The van der Waals surface area contributed by atoms with Crippen molar-refractivity contribution >= 4 is 22.9 Å². The van der Waals surface area contributed by atoms with Gasteiger partial charge in [-0.15, -0.1) is 0 Å². The molecule has 1 aromatic carbocycles. The average Bonchev–Trinajstić information content (AvgIpc) is 2.08. The molecule has 0 saturated carbocycles. The van der Waals surface area contributed by atoms with Crippen molar-refractivity contribution in [3.63, 3.8) is 0 Å². The monoisotopic (exact) mass is 193 g/mol. The van der Waals surface area contributed by atoms with Gasteiger partial charge in [-0.1, -0.05) is 12.2 Å². The zero-order valence-corrected chi connectivity index (χ0v) is 8.49. The second-order valence-corrected chi connectivity index (χ2v) is 3.76. The number of fused-ring (bicyclic) bond motifs is 1. The fraction of sp³-hybridized carbons (Fsp3) is 0.300. The van der Waals surface area contributed by atoms with Gasteiger partial charge in [0.25, 0.3) is 0 Å². The van der Waals surface area contributed by atoms with E-state index in [0.717, 1.165) is 16.4 Å². The molecule has 0 saturated heterocycles. The van der Waals surface area contributed by atoms with E-state index in [9.17, 15) is 0 Å². The van der Waals surface area contributed by atoms with E-state index >= 15 is 0 Å². The van der Waals surface area contributed by atoms with Gasteiger partial charge in [0.2, 0.25) is 0 Å². The van der Waals surface area contributed by atoms with Gasteiger partial charge in [-0.3, -0.25) is 0 Å². The summed E-state index contributed by atoms with van der Waals surface area (Å²) in [5.41, 5.74) is 3.48. The maximum Gasteiger partial charge on any atom is 0.143 e. The Morgan fingerprint density at radius 3 is 2.77 bits per heavy atom. The van der Waals surface area contributed by atoms with Crippen LogP contribution in [0.3, 0.4) is 0 Å². The molecule has 1 aliphatic heterocycles. The quantitative estimate of drug-likeness (QED) is 0.639. The molecule has 1 aliphatic rings. The third-order valence-corrected chi connectivity index (χ3v) is 2.45. The Morgan fingerprint density at radius 2 is 2.00 bits per heavy atom. The van der Waals surface area contributed by atoms with Gasteiger partial charge in [0.05, 0.1) is 5.69 Å². The SMILES string of the molecule is Cc1cc2c(cc1C)OCC(=S)N2. The van der Waals surface area contributed by atoms with E-state index < -0.39 is 0 Å². The molecule has 0 fully saturated rings. The van der Waals surface area contributed by atoms with Crippen LogP contribution in [0.4, 0.5) is 5.69 Å². The van der Waals surface area contributed by atoms with Crippen LogP contribution in [0.1, 0.15) is 11.1 Å². The second-order valence-electron chi connectivity index (χ2n) is 3.27. The normalized spacial score (nSPS) is 14.5. The maximum absolute atomic E-state index is 5.47. The number of benzene rings is 1. The molecule has 0 spiro atoms. The van der Waals surface area contributed by atoms with Gasteiger partial charge < -0.3 is 10.1 Å². The van der Waals surface area contributed by atoms with Crippen molar-refractivity contribution in [1.82, 2.24) is 0 Å². The first kappa shape index (κ1) is 8.51. The molecule has 1 aromatic rings. The number of thiocarbonyl (C=S) groups is 1. The smallest absolute Gasteiger partial charge is 0.143 e. The molecule has 0 radical (unpaired) electrons. The van der Waals surface area contributed by atoms with Crippen LogP contribution in [0.15, 0.2) is 12.1 Å². The number of ether oxygens (including phenoxy) is 1. The minimum absolute atomic E-state index is 0.491. The summed E-state index contributed by atoms with van der Waals surface area (Å²) < 4.78 is 5.47. The molecule has 0 aromatic heterocycles. The lowest BCUT2D eigenvalue weighted by molar-refractivity contribution is 0.374. The number of anilines is 1. The van der Waals surface area contributed by atoms with Crippen LogP contribution in [-0.4, -0.2) is 11.6 Å². The Bertz CT molecular complexity index is 373. The van der Waals surface area contributed by atoms with Gasteiger partial charge in [-0.2, -0.15) is 0 Å². The lowest BCUT2D eigenvalue weighted by Gasteiger charge is -2.20. The van der Waals surface area contributed by atoms with E-state index in [1.54, 1.807) is 0 Å². The average molecular weight is 193 g/mol. The van der Waals surface area contributed by atoms with Crippen molar-refractivity contribution in [2.24, 2.45) is 0 Å². The molecule has 0 atom stereocenters. The third-order valence-electron chi connectivity index (χ3n) is 2.23. The molecule has 68 valence electrons. The topological polar surface area (TPSA) is 21.3 Å². The molecule has 13 heavy (non-hydrogen) atoms. The first-order chi connectivity index (χ1) is 6.16. The molecule has 1 heterocycles. The summed E-state index contributed by atoms with van der Waals surface area (Å²) in [5, 5.41) is 3.13. The van der Waals surface area contributed by atoms with Crippen LogP contribution >= 0.6 is 12.2 Å². The zero-order chi connectivity index (χ0) is 9.42. The number of aryl methyl sites for hydroxylation is 2. The highest BCUT2D eigenvalue weighted by Crippen LogP contribution is 2.30. The Hall–Kier alpha value is -1.09. The van der Waals surface area contributed by atoms with Crippen LogP contribution in [0.2, 0.25) is 0 Å². The van der Waals surface area contributed by atoms with Gasteiger partial charge >= 0.3 is 0 Å². The van der Waals surface area contributed by atoms with E-state index in [2.05, 4.69) is 25.2 Å². The fourth-order valence-electron chi connectivity index (χ4n) is 1.34. The molecule has 3 heteroatoms. The van der Waals surface area contributed by atoms with Gasteiger partial charge in [0.1, 0.15) is 17.3 Å². The molecule has 0 aliphatic carbocycles. The highest BCUT2D eigenvalue weighted by Gasteiger charge is 2.13. The minimum Gasteiger partial charge on any atom is -0.484 e. The van der Waals surface area contributed by atoms with E-state index in [-0.39, 0.29) is 0 Å². The van der Waals surface area contributed by atoms with E-state index in [4.69, 9.17) is 17.0 Å². The molecule has 1 N–H and O–H groups in total. The molecule has 0 unspecified atom stereocenters. The van der Waals surface area contributed by atoms with E-state index in [1.165, 1.54) is 11.1 Å². The van der Waals surface area contributed by atoms with Crippen molar-refractivity contribution in [2.75, 3.05) is 11.9 Å². The van der Waals surface area contributed by atoms with Crippen molar-refractivity contribution in [2.45, 2.75) is 13.8 Å². The Labute approximate surface area is 82.9 Å². The maximum atomic E-state index is 5.47. The first-order valence-corrected chi connectivity index (χ1v) is 4.61. The molecule has 0 amide bonds. The van der Waals surface area contributed by atoms with Crippen molar-refractivity contribution < 1.29 is 4.74 Å². The summed E-state index contributed by atoms with van der Waals surface area (Å²) in [4.78, 5) is 0.746. The van der Waals surface area contributed by atoms with Crippen LogP contribution in [0.5, 0.6) is 5.75 Å². The number of hydrogen-bond acceptors (Lipinski definition) is 2. The predicted molar refractivity (Wildman–Crippen MR) is 57.6 cm³/mol. The summed E-state index contributed by atoms with van der Waals surface area (Å²) in [6.07, 6.45) is 0. The highest BCUT2D eigenvalue weighted by molar-refractivity contribution is 7.80. The van der Waals surface area contributed by atoms with E-state index in [0.29, 0.717) is 6.61 Å². The van der Waals surface area contributed by atoms with Crippen molar-refractivity contribution in [3.05, 3.63) is 23.3 Å². The largest absolute Gasteiger partial charge is 0.484 e. The second kappa shape index (κ2) is 3.00. The Morgan fingerprint density at radius 1 is 1.31 bits per heavy atom. The Balaban J connectivity index is 2.49. The van der Waals surface area contributed by atoms with Gasteiger partial charge in [-0.05, 0) is 37.1 Å². The highest BCUT2D eigenvalue weighted by atomic mass is 32.1. The van der Waals surface area contributed by atoms with Gasteiger partial charge in [0.15, 0.2) is 0 Å². The first-order valence-electron chi connectivity index (χ1n) is 4.21. The lowest BCUT2D eigenvalue weighted by atomic mass is 10.1. The van der Waals surface area contributed by atoms with Crippen LogP contribution < -0.4 is 10.1 Å². The van der Waals surface area contributed by atoms with Gasteiger partial charge in [-0.25, -0.2) is 0 Å². The molecule has 2 nitrogen and oxygen atoms in total. The van der Waals surface area contributed by atoms with Crippen molar-refractivity contribution in [1.29, 1.82) is 0 Å². The molecular formula is C10H11NOS. The summed E-state index contributed by atoms with van der Waals surface area (Å²) in [6, 6.07) is 4.11. The summed E-state index contributed by atoms with van der Waals surface area (Å²) in [5.74, 6) is 0.900. The van der Waals surface area contributed by atoms with Crippen molar-refractivity contribution in [3.8, 4) is 5.75 Å². The molecule has 0 bridgehead atoms. The lowest BCUT2D eigenvalue weighted by Crippen LogP contribution is -2.23. The van der Waals surface area contributed by atoms with E-state index in [1.807, 2.05) is 6.07 Å².